The molecule has 1 aliphatic heterocycles. The Morgan fingerprint density at radius 3 is 2.39 bits per heavy atom. The molecule has 10 heteroatoms. The van der Waals surface area contributed by atoms with E-state index in [4.69, 9.17) is 0 Å². The van der Waals surface area contributed by atoms with E-state index in [9.17, 15) is 28.0 Å². The molecule has 1 aliphatic rings. The van der Waals surface area contributed by atoms with Gasteiger partial charge in [0.25, 0.3) is 18.1 Å². The summed E-state index contributed by atoms with van der Waals surface area (Å²) in [5, 5.41) is 11.3. The van der Waals surface area contributed by atoms with Gasteiger partial charge in [-0.1, -0.05) is 30.3 Å². The predicted octanol–water partition coefficient (Wildman–Crippen LogP) is 6.50. The maximum Gasteiger partial charge on any atom is 0.297 e. The second-order valence-corrected chi connectivity index (χ2v) is 10.3. The molecule has 1 saturated heterocycles. The molecule has 1 atom stereocenters. The maximum absolute atomic E-state index is 14.0. The number of carbonyl (C=O) groups excluding carboxylic acids is 1. The van der Waals surface area contributed by atoms with E-state index in [1.54, 1.807) is 18.2 Å². The third-order valence-corrected chi connectivity index (χ3v) is 7.56. The molecule has 4 aromatic rings. The fraction of sp³-hybridized carbons (Fsp3) is 0.323. The monoisotopic (exact) mass is 562 g/mol. The Hall–Kier alpha value is -4.18. The molecule has 1 amide bonds. The molecule has 1 fully saturated rings. The molecule has 1 N–H and O–H groups in total. The van der Waals surface area contributed by atoms with Crippen molar-refractivity contribution >= 4 is 16.9 Å². The fourth-order valence-corrected chi connectivity index (χ4v) is 5.26. The number of piperidine rings is 1. The van der Waals surface area contributed by atoms with E-state index in [2.05, 4.69) is 22.1 Å². The van der Waals surface area contributed by atoms with Crippen LogP contribution in [0.5, 0.6) is 0 Å². The Morgan fingerprint density at radius 1 is 1.00 bits per heavy atom. The molecule has 7 nitrogen and oxygen atoms in total. The van der Waals surface area contributed by atoms with Gasteiger partial charge in [0.1, 0.15) is 5.82 Å². The molecule has 212 valence electrons. The Kier molecular flexibility index (Phi) is 8.39. The predicted molar refractivity (Wildman–Crippen MR) is 149 cm³/mol. The molecule has 1 aromatic heterocycles. The summed E-state index contributed by atoms with van der Waals surface area (Å²) in [6.45, 7) is 1.26. The van der Waals surface area contributed by atoms with Crippen molar-refractivity contribution in [2.24, 2.45) is 5.18 Å². The Labute approximate surface area is 235 Å². The topological polar surface area (TPSA) is 95.8 Å². The fourth-order valence-electron chi connectivity index (χ4n) is 5.26. The number of aryl methyl sites for hydroxylation is 1. The van der Waals surface area contributed by atoms with Gasteiger partial charge in [-0.2, -0.15) is 0 Å². The van der Waals surface area contributed by atoms with Gasteiger partial charge in [0, 0.05) is 30.6 Å². The van der Waals surface area contributed by atoms with E-state index >= 15 is 0 Å². The molecule has 5 rings (SSSR count). The minimum absolute atomic E-state index is 0.0436. The molecule has 2 heterocycles. The zero-order valence-corrected chi connectivity index (χ0v) is 22.2. The molecule has 0 radical (unpaired) electrons. The molecule has 1 unspecified atom stereocenters. The number of rotatable bonds is 9. The van der Waals surface area contributed by atoms with Crippen LogP contribution < -0.4 is 0 Å². The highest BCUT2D eigenvalue weighted by Crippen LogP contribution is 2.31. The highest BCUT2D eigenvalue weighted by molar-refractivity contribution is 5.97. The van der Waals surface area contributed by atoms with Crippen LogP contribution in [-0.2, 0) is 6.42 Å². The van der Waals surface area contributed by atoms with Crippen LogP contribution in [0.4, 0.5) is 13.2 Å². The molecule has 0 aliphatic carbocycles. The number of aliphatic hydroxyl groups is 1. The molecular formula is C31H29F3N4O3. The first-order valence-corrected chi connectivity index (χ1v) is 13.5. The molecular weight excluding hydrogens is 533 g/mol. The van der Waals surface area contributed by atoms with E-state index in [0.29, 0.717) is 52.6 Å². The van der Waals surface area contributed by atoms with Crippen LogP contribution in [0.15, 0.2) is 78.0 Å². The molecule has 0 saturated carbocycles. The first kappa shape index (κ1) is 28.4. The molecule has 0 spiro atoms. The van der Waals surface area contributed by atoms with E-state index in [1.165, 1.54) is 29.8 Å². The second-order valence-electron chi connectivity index (χ2n) is 10.3. The maximum atomic E-state index is 14.0. The number of nitroso groups, excluding NO2 is 1. The molecule has 0 bridgehead atoms. The lowest BCUT2D eigenvalue weighted by Gasteiger charge is -2.32. The highest BCUT2D eigenvalue weighted by Gasteiger charge is 2.39. The second kappa shape index (κ2) is 12.1. The lowest BCUT2D eigenvalue weighted by Crippen LogP contribution is -2.37. The highest BCUT2D eigenvalue weighted by atomic mass is 19.3. The number of halogens is 3. The van der Waals surface area contributed by atoms with E-state index in [-0.39, 0.29) is 18.7 Å². The van der Waals surface area contributed by atoms with Crippen molar-refractivity contribution in [2.45, 2.75) is 50.2 Å². The van der Waals surface area contributed by atoms with Gasteiger partial charge in [-0.25, -0.2) is 23.1 Å². The lowest BCUT2D eigenvalue weighted by atomic mass is 9.89. The van der Waals surface area contributed by atoms with E-state index in [1.807, 2.05) is 28.3 Å². The van der Waals surface area contributed by atoms with Gasteiger partial charge in [-0.05, 0) is 84.8 Å². The summed E-state index contributed by atoms with van der Waals surface area (Å²) in [6, 6.07) is 20.9. The van der Waals surface area contributed by atoms with Crippen LogP contribution in [0, 0.1) is 10.7 Å². The summed E-state index contributed by atoms with van der Waals surface area (Å²) >= 11 is 0. The van der Waals surface area contributed by atoms with Crippen molar-refractivity contribution in [1.82, 2.24) is 14.9 Å². The number of nitrogens with zero attached hydrogens (tertiary/aromatic N) is 4. The summed E-state index contributed by atoms with van der Waals surface area (Å²) < 4.78 is 41.6. The quantitative estimate of drug-likeness (QED) is 0.235. The summed E-state index contributed by atoms with van der Waals surface area (Å²) in [6.07, 6.45) is -1.76. The average Bonchev–Trinajstić information content (AvgIpc) is 3.00. The Balaban J connectivity index is 1.38. The SMILES string of the molecule is O=NC(O)C(F)(F)CCCc1nc2cc(C(=O)N3CCC(c4ccccc4)CC3)ccc2nc1-c1ccc(F)cc1. The van der Waals surface area contributed by atoms with E-state index < -0.39 is 24.4 Å². The number of fused-ring (bicyclic) bond motifs is 1. The van der Waals surface area contributed by atoms with Gasteiger partial charge in [0.15, 0.2) is 0 Å². The number of alkyl halides is 2. The summed E-state index contributed by atoms with van der Waals surface area (Å²) in [5.41, 5.74) is 3.99. The van der Waals surface area contributed by atoms with Crippen LogP contribution >= 0.6 is 0 Å². The lowest BCUT2D eigenvalue weighted by molar-refractivity contribution is -0.110. The normalized spacial score (nSPS) is 15.2. The number of benzene rings is 3. The van der Waals surface area contributed by atoms with Gasteiger partial charge in [-0.3, -0.25) is 4.79 Å². The number of amides is 1. The van der Waals surface area contributed by atoms with Crippen LogP contribution in [-0.4, -0.2) is 51.1 Å². The van der Waals surface area contributed by atoms with Gasteiger partial charge >= 0.3 is 0 Å². The van der Waals surface area contributed by atoms with Crippen LogP contribution in [0.25, 0.3) is 22.3 Å². The van der Waals surface area contributed by atoms with Crippen molar-refractivity contribution in [3.8, 4) is 11.3 Å². The summed E-state index contributed by atoms with van der Waals surface area (Å²) in [5.74, 6) is -3.82. The van der Waals surface area contributed by atoms with Crippen molar-refractivity contribution in [3.63, 3.8) is 0 Å². The molecule has 3 aromatic carbocycles. The van der Waals surface area contributed by atoms with Crippen molar-refractivity contribution in [2.75, 3.05) is 13.1 Å². The van der Waals surface area contributed by atoms with Crippen LogP contribution in [0.2, 0.25) is 0 Å². The van der Waals surface area contributed by atoms with Crippen LogP contribution in [0.3, 0.4) is 0 Å². The third-order valence-electron chi connectivity index (χ3n) is 7.56. The number of likely N-dealkylation sites (tertiary alicyclic amines) is 1. The summed E-state index contributed by atoms with van der Waals surface area (Å²) in [7, 11) is 0. The first-order chi connectivity index (χ1) is 19.7. The smallest absolute Gasteiger partial charge is 0.297 e. The van der Waals surface area contributed by atoms with E-state index in [0.717, 1.165) is 12.8 Å². The minimum atomic E-state index is -3.68. The van der Waals surface area contributed by atoms with Crippen molar-refractivity contribution in [1.29, 1.82) is 0 Å². The largest absolute Gasteiger partial charge is 0.364 e. The summed E-state index contributed by atoms with van der Waals surface area (Å²) in [4.78, 5) is 35.0. The Morgan fingerprint density at radius 2 is 1.71 bits per heavy atom. The number of aromatic nitrogens is 2. The Bertz CT molecular complexity index is 1530. The van der Waals surface area contributed by atoms with Crippen molar-refractivity contribution < 1.29 is 23.1 Å². The van der Waals surface area contributed by atoms with Crippen molar-refractivity contribution in [3.05, 3.63) is 100 Å². The number of hydrogen-bond donors (Lipinski definition) is 1. The first-order valence-electron chi connectivity index (χ1n) is 13.5. The standard InChI is InChI=1S/C31H29F3N4O3/c32-24-11-8-22(9-12-24)28-26(7-4-16-31(33,34)30(40)37-41)35-27-19-23(10-13-25(27)36-28)29(39)38-17-14-21(15-18-38)20-5-2-1-3-6-20/h1-3,5-6,8-13,19,21,30,40H,4,7,14-18H2. The molecule has 41 heavy (non-hydrogen) atoms. The van der Waals surface area contributed by atoms with Gasteiger partial charge < -0.3 is 10.0 Å². The zero-order valence-electron chi connectivity index (χ0n) is 22.2. The average molecular weight is 563 g/mol. The van der Waals surface area contributed by atoms with Crippen LogP contribution in [0.1, 0.15) is 53.2 Å². The number of carbonyl (C=O) groups is 1. The van der Waals surface area contributed by atoms with Gasteiger partial charge in [-0.15, -0.1) is 4.91 Å². The number of aliphatic hydroxyl groups excluding tert-OH is 1. The zero-order chi connectivity index (χ0) is 29.0. The number of hydrogen-bond acceptors (Lipinski definition) is 6. The minimum Gasteiger partial charge on any atom is -0.364 e. The van der Waals surface area contributed by atoms with Gasteiger partial charge in [0.05, 0.1) is 22.4 Å². The third kappa shape index (κ3) is 6.43. The van der Waals surface area contributed by atoms with Gasteiger partial charge in [0.2, 0.25) is 0 Å².